The first-order valence-electron chi connectivity index (χ1n) is 6.19. The molecular formula is C14H9F2N3O2S. The summed E-state index contributed by atoms with van der Waals surface area (Å²) in [6.45, 7) is 1.68. The molecule has 3 aromatic rings. The average molecular weight is 321 g/mol. The van der Waals surface area contributed by atoms with E-state index in [-0.39, 0.29) is 11.5 Å². The summed E-state index contributed by atoms with van der Waals surface area (Å²) in [7, 11) is 0. The summed E-state index contributed by atoms with van der Waals surface area (Å²) in [5, 5.41) is 8.05. The van der Waals surface area contributed by atoms with Crippen LogP contribution in [0, 0.1) is 18.6 Å². The molecule has 2 aromatic heterocycles. The SMILES string of the molecule is Cc1noc(-c2sccc2NC(=O)c2ccc(F)c(F)c2)n1. The molecule has 0 bridgehead atoms. The number of amides is 1. The van der Waals surface area contributed by atoms with E-state index >= 15 is 0 Å². The number of hydrogen-bond donors (Lipinski definition) is 1. The van der Waals surface area contributed by atoms with E-state index in [4.69, 9.17) is 4.52 Å². The molecule has 8 heteroatoms. The van der Waals surface area contributed by atoms with Crippen molar-refractivity contribution in [3.05, 3.63) is 52.7 Å². The molecule has 0 atom stereocenters. The molecule has 1 aromatic carbocycles. The molecule has 3 rings (SSSR count). The Kier molecular flexibility index (Phi) is 3.68. The molecule has 0 aliphatic heterocycles. The molecule has 1 amide bonds. The summed E-state index contributed by atoms with van der Waals surface area (Å²) in [6, 6.07) is 4.61. The fraction of sp³-hybridized carbons (Fsp3) is 0.0714. The minimum atomic E-state index is -1.08. The first-order chi connectivity index (χ1) is 10.5. The van der Waals surface area contributed by atoms with Gasteiger partial charge in [-0.2, -0.15) is 4.98 Å². The molecule has 0 spiro atoms. The minimum Gasteiger partial charge on any atom is -0.333 e. The number of carbonyl (C=O) groups excluding carboxylic acids is 1. The Hall–Kier alpha value is -2.61. The van der Waals surface area contributed by atoms with Crippen molar-refractivity contribution in [2.75, 3.05) is 5.32 Å². The summed E-state index contributed by atoms with van der Waals surface area (Å²) < 4.78 is 31.1. The fourth-order valence-electron chi connectivity index (χ4n) is 1.79. The number of thiophene rings is 1. The standard InChI is InChI=1S/C14H9F2N3O2S/c1-7-17-14(21-19-7)12-11(4-5-22-12)18-13(20)8-2-3-9(15)10(16)6-8/h2-6H,1H3,(H,18,20). The van der Waals surface area contributed by atoms with E-state index in [1.165, 1.54) is 17.4 Å². The second-order valence-electron chi connectivity index (χ2n) is 4.39. The number of nitrogens with zero attached hydrogens (tertiary/aromatic N) is 2. The lowest BCUT2D eigenvalue weighted by atomic mass is 10.2. The number of halogens is 2. The van der Waals surface area contributed by atoms with Crippen molar-refractivity contribution in [3.63, 3.8) is 0 Å². The Morgan fingerprint density at radius 2 is 2.09 bits per heavy atom. The van der Waals surface area contributed by atoms with Gasteiger partial charge in [-0.15, -0.1) is 11.3 Å². The Morgan fingerprint density at radius 3 is 2.77 bits per heavy atom. The number of carbonyl (C=O) groups is 1. The molecule has 0 aliphatic rings. The summed E-state index contributed by atoms with van der Waals surface area (Å²) >= 11 is 1.31. The summed E-state index contributed by atoms with van der Waals surface area (Å²) in [5.41, 5.74) is 0.473. The normalized spacial score (nSPS) is 10.7. The molecule has 5 nitrogen and oxygen atoms in total. The molecule has 0 aliphatic carbocycles. The molecule has 1 N–H and O–H groups in total. The first-order valence-corrected chi connectivity index (χ1v) is 7.07. The van der Waals surface area contributed by atoms with E-state index in [0.29, 0.717) is 16.4 Å². The van der Waals surface area contributed by atoms with Crippen LogP contribution < -0.4 is 5.32 Å². The van der Waals surface area contributed by atoms with Gasteiger partial charge in [-0.1, -0.05) is 5.16 Å². The second kappa shape index (κ2) is 5.64. The minimum absolute atomic E-state index is 0.0118. The van der Waals surface area contributed by atoms with E-state index < -0.39 is 17.5 Å². The zero-order valence-electron chi connectivity index (χ0n) is 11.3. The van der Waals surface area contributed by atoms with E-state index in [1.807, 2.05) is 0 Å². The topological polar surface area (TPSA) is 68.0 Å². The van der Waals surface area contributed by atoms with Gasteiger partial charge in [-0.05, 0) is 36.6 Å². The van der Waals surface area contributed by atoms with Crippen LogP contribution in [0.25, 0.3) is 10.8 Å². The van der Waals surface area contributed by atoms with Crippen LogP contribution in [0.2, 0.25) is 0 Å². The van der Waals surface area contributed by atoms with E-state index in [2.05, 4.69) is 15.5 Å². The quantitative estimate of drug-likeness (QED) is 0.800. The lowest BCUT2D eigenvalue weighted by molar-refractivity contribution is 0.102. The molecule has 0 radical (unpaired) electrons. The number of nitrogens with one attached hydrogen (secondary N) is 1. The van der Waals surface area contributed by atoms with Crippen LogP contribution in [-0.4, -0.2) is 16.0 Å². The number of benzene rings is 1. The zero-order chi connectivity index (χ0) is 15.7. The Labute approximate surface area is 127 Å². The van der Waals surface area contributed by atoms with Crippen LogP contribution in [0.5, 0.6) is 0 Å². The Balaban J connectivity index is 1.86. The van der Waals surface area contributed by atoms with Gasteiger partial charge in [0, 0.05) is 5.56 Å². The number of rotatable bonds is 3. The van der Waals surface area contributed by atoms with Crippen molar-refractivity contribution in [1.29, 1.82) is 0 Å². The highest BCUT2D eigenvalue weighted by molar-refractivity contribution is 7.14. The maximum absolute atomic E-state index is 13.2. The fourth-order valence-corrected chi connectivity index (χ4v) is 2.56. The largest absolute Gasteiger partial charge is 0.333 e. The van der Waals surface area contributed by atoms with Gasteiger partial charge in [0.1, 0.15) is 4.88 Å². The monoisotopic (exact) mass is 321 g/mol. The molecule has 0 saturated heterocycles. The first kappa shape index (κ1) is 14.3. The lowest BCUT2D eigenvalue weighted by Crippen LogP contribution is -2.12. The third kappa shape index (κ3) is 2.73. The van der Waals surface area contributed by atoms with Crippen molar-refractivity contribution in [3.8, 4) is 10.8 Å². The van der Waals surface area contributed by atoms with Gasteiger partial charge in [0.25, 0.3) is 11.8 Å². The molecule has 22 heavy (non-hydrogen) atoms. The van der Waals surface area contributed by atoms with Gasteiger partial charge in [-0.25, -0.2) is 8.78 Å². The zero-order valence-corrected chi connectivity index (χ0v) is 12.1. The molecule has 112 valence electrons. The molecule has 0 saturated carbocycles. The highest BCUT2D eigenvalue weighted by Gasteiger charge is 2.17. The maximum atomic E-state index is 13.2. The van der Waals surface area contributed by atoms with E-state index in [0.717, 1.165) is 12.1 Å². The van der Waals surface area contributed by atoms with Crippen molar-refractivity contribution in [2.45, 2.75) is 6.92 Å². The van der Waals surface area contributed by atoms with Crippen molar-refractivity contribution in [2.24, 2.45) is 0 Å². The number of anilines is 1. The molecular weight excluding hydrogens is 312 g/mol. The molecule has 2 heterocycles. The van der Waals surface area contributed by atoms with E-state index in [1.54, 1.807) is 18.4 Å². The molecule has 0 unspecified atom stereocenters. The van der Waals surface area contributed by atoms with Crippen molar-refractivity contribution in [1.82, 2.24) is 10.1 Å². The number of aryl methyl sites for hydroxylation is 1. The van der Waals surface area contributed by atoms with Gasteiger partial charge in [0.2, 0.25) is 0 Å². The van der Waals surface area contributed by atoms with Crippen LogP contribution in [0.1, 0.15) is 16.2 Å². The van der Waals surface area contributed by atoms with Crippen LogP contribution in [0.15, 0.2) is 34.2 Å². The Bertz CT molecular complexity index is 844. The van der Waals surface area contributed by atoms with Crippen LogP contribution >= 0.6 is 11.3 Å². The predicted octanol–water partition coefficient (Wildman–Crippen LogP) is 3.64. The summed E-state index contributed by atoms with van der Waals surface area (Å²) in [6.07, 6.45) is 0. The van der Waals surface area contributed by atoms with Crippen molar-refractivity contribution < 1.29 is 18.1 Å². The maximum Gasteiger partial charge on any atom is 0.270 e. The smallest absolute Gasteiger partial charge is 0.270 e. The van der Waals surface area contributed by atoms with Crippen LogP contribution in [0.4, 0.5) is 14.5 Å². The van der Waals surface area contributed by atoms with E-state index in [9.17, 15) is 13.6 Å². The number of hydrogen-bond acceptors (Lipinski definition) is 5. The van der Waals surface area contributed by atoms with Gasteiger partial charge >= 0.3 is 0 Å². The predicted molar refractivity (Wildman–Crippen MR) is 76.7 cm³/mol. The van der Waals surface area contributed by atoms with Gasteiger partial charge in [0.05, 0.1) is 5.69 Å². The van der Waals surface area contributed by atoms with Crippen LogP contribution in [-0.2, 0) is 0 Å². The van der Waals surface area contributed by atoms with Crippen LogP contribution in [0.3, 0.4) is 0 Å². The Morgan fingerprint density at radius 1 is 1.27 bits per heavy atom. The van der Waals surface area contributed by atoms with Gasteiger partial charge < -0.3 is 9.84 Å². The summed E-state index contributed by atoms with van der Waals surface area (Å²) in [4.78, 5) is 16.8. The molecule has 0 fully saturated rings. The third-order valence-electron chi connectivity index (χ3n) is 2.82. The number of aromatic nitrogens is 2. The van der Waals surface area contributed by atoms with Gasteiger partial charge in [-0.3, -0.25) is 4.79 Å². The third-order valence-corrected chi connectivity index (χ3v) is 3.72. The highest BCUT2D eigenvalue weighted by atomic mass is 32.1. The lowest BCUT2D eigenvalue weighted by Gasteiger charge is -2.05. The van der Waals surface area contributed by atoms with Gasteiger partial charge in [0.15, 0.2) is 17.5 Å². The summed E-state index contributed by atoms with van der Waals surface area (Å²) in [5.74, 6) is -1.89. The average Bonchev–Trinajstić information content (AvgIpc) is 3.10. The van der Waals surface area contributed by atoms with Crippen molar-refractivity contribution >= 4 is 22.9 Å². The second-order valence-corrected chi connectivity index (χ2v) is 5.31. The highest BCUT2D eigenvalue weighted by Crippen LogP contribution is 2.32.